The van der Waals surface area contributed by atoms with Crippen LogP contribution in [0.3, 0.4) is 0 Å². The Labute approximate surface area is 221 Å². The molecule has 17 heteroatoms. The second kappa shape index (κ2) is 11.8. The fraction of sp³-hybridized carbons (Fsp3) is 0.174. The molecule has 0 fully saturated rings. The Hall–Kier alpha value is -4.28. The predicted octanol–water partition coefficient (Wildman–Crippen LogP) is 5.08. The first-order valence-corrected chi connectivity index (χ1v) is 12.4. The van der Waals surface area contributed by atoms with Crippen molar-refractivity contribution >= 4 is 33.5 Å². The maximum absolute atomic E-state index is 13.6. The molecule has 1 aromatic heterocycles. The third-order valence-electron chi connectivity index (χ3n) is 4.75. The lowest BCUT2D eigenvalue weighted by Gasteiger charge is -2.14. The number of carbonyl (C=O) groups is 1. The number of aromatic nitrogens is 1. The van der Waals surface area contributed by atoms with Gasteiger partial charge in [0, 0.05) is 5.56 Å². The second-order valence-corrected chi connectivity index (χ2v) is 9.63. The second-order valence-electron chi connectivity index (χ2n) is 7.91. The van der Waals surface area contributed by atoms with Gasteiger partial charge in [0.1, 0.15) is 11.6 Å². The predicted molar refractivity (Wildman–Crippen MR) is 128 cm³/mol. The number of nitrogens with zero attached hydrogens (tertiary/aromatic N) is 2. The number of rotatable bonds is 7. The summed E-state index contributed by atoms with van der Waals surface area (Å²) in [6.45, 7) is -0.659. The molecule has 8 nitrogen and oxygen atoms in total. The van der Waals surface area contributed by atoms with Crippen molar-refractivity contribution in [3.63, 3.8) is 0 Å². The van der Waals surface area contributed by atoms with Crippen LogP contribution in [0.1, 0.15) is 21.5 Å². The minimum absolute atomic E-state index is 0.305. The molecule has 0 aliphatic heterocycles. The molecule has 0 bridgehead atoms. The molecule has 0 unspecified atom stereocenters. The molecule has 0 aliphatic rings. The summed E-state index contributed by atoms with van der Waals surface area (Å²) in [5.41, 5.74) is -1.73. The number of hydrogen-bond acceptors (Lipinski definition) is 5. The van der Waals surface area contributed by atoms with Gasteiger partial charge in [-0.2, -0.15) is 26.3 Å². The van der Waals surface area contributed by atoms with Crippen LogP contribution in [0.5, 0.6) is 0 Å². The summed E-state index contributed by atoms with van der Waals surface area (Å²) >= 11 is 0. The molecular formula is C23H17F8N5O3S. The van der Waals surface area contributed by atoms with E-state index in [1.54, 1.807) is 4.72 Å². The van der Waals surface area contributed by atoms with Crippen LogP contribution in [-0.4, -0.2) is 37.2 Å². The molecule has 0 spiro atoms. The summed E-state index contributed by atoms with van der Waals surface area (Å²) in [4.78, 5) is 20.3. The first-order chi connectivity index (χ1) is 18.5. The van der Waals surface area contributed by atoms with Crippen LogP contribution in [-0.2, 0) is 22.7 Å². The SMILES string of the molecule is O=C(NC(=NCc1ccccc1C(F)(F)F)Nc1cccc(NS(=O)(=O)CC(F)(F)F)n1)c1ccc(F)c(F)c1. The molecule has 214 valence electrons. The van der Waals surface area contributed by atoms with Crippen LogP contribution in [0, 0.1) is 11.6 Å². The lowest BCUT2D eigenvalue weighted by Crippen LogP contribution is -2.36. The van der Waals surface area contributed by atoms with Crippen LogP contribution >= 0.6 is 0 Å². The maximum Gasteiger partial charge on any atom is 0.416 e. The third-order valence-corrected chi connectivity index (χ3v) is 5.98. The number of aliphatic imine (C=N–C) groups is 1. The van der Waals surface area contributed by atoms with E-state index >= 15 is 0 Å². The van der Waals surface area contributed by atoms with Gasteiger partial charge in [-0.3, -0.25) is 14.8 Å². The molecule has 1 heterocycles. The van der Waals surface area contributed by atoms with Gasteiger partial charge in [-0.1, -0.05) is 24.3 Å². The van der Waals surface area contributed by atoms with Crippen molar-refractivity contribution in [1.82, 2.24) is 10.3 Å². The van der Waals surface area contributed by atoms with Crippen LogP contribution in [0.15, 0.2) is 65.7 Å². The van der Waals surface area contributed by atoms with Crippen LogP contribution in [0.4, 0.5) is 46.8 Å². The summed E-state index contributed by atoms with van der Waals surface area (Å²) in [6.07, 6.45) is -9.78. The first-order valence-electron chi connectivity index (χ1n) is 10.8. The fourth-order valence-electron chi connectivity index (χ4n) is 3.12. The number of pyridine rings is 1. The highest BCUT2D eigenvalue weighted by Crippen LogP contribution is 2.32. The van der Waals surface area contributed by atoms with Crippen molar-refractivity contribution < 1.29 is 48.3 Å². The Morgan fingerprint density at radius 1 is 0.875 bits per heavy atom. The highest BCUT2D eigenvalue weighted by molar-refractivity contribution is 7.92. The van der Waals surface area contributed by atoms with Crippen molar-refractivity contribution in [3.8, 4) is 0 Å². The maximum atomic E-state index is 13.6. The number of hydrogen-bond donors (Lipinski definition) is 3. The fourth-order valence-corrected chi connectivity index (χ4v) is 4.06. The van der Waals surface area contributed by atoms with Gasteiger partial charge in [0.05, 0.1) is 12.1 Å². The normalized spacial score (nSPS) is 12.7. The Morgan fingerprint density at radius 2 is 1.55 bits per heavy atom. The average Bonchev–Trinajstić information content (AvgIpc) is 2.82. The largest absolute Gasteiger partial charge is 0.416 e. The van der Waals surface area contributed by atoms with E-state index in [9.17, 15) is 48.3 Å². The number of carbonyl (C=O) groups excluding carboxylic acids is 1. The number of benzene rings is 2. The molecule has 1 amide bonds. The molecule has 0 atom stereocenters. The molecule has 3 aromatic rings. The molecule has 0 saturated carbocycles. The van der Waals surface area contributed by atoms with Crippen molar-refractivity contribution in [2.45, 2.75) is 18.9 Å². The van der Waals surface area contributed by atoms with Gasteiger partial charge in [0.2, 0.25) is 16.0 Å². The number of nitrogens with one attached hydrogen (secondary N) is 3. The van der Waals surface area contributed by atoms with E-state index in [4.69, 9.17) is 0 Å². The minimum atomic E-state index is -5.04. The van der Waals surface area contributed by atoms with E-state index in [0.29, 0.717) is 12.1 Å². The van der Waals surface area contributed by atoms with Gasteiger partial charge in [-0.05, 0) is 42.0 Å². The van der Waals surface area contributed by atoms with Gasteiger partial charge in [-0.25, -0.2) is 27.2 Å². The molecule has 0 saturated heterocycles. The van der Waals surface area contributed by atoms with E-state index in [-0.39, 0.29) is 11.4 Å². The zero-order chi connectivity index (χ0) is 29.7. The Bertz CT molecular complexity index is 1530. The zero-order valence-electron chi connectivity index (χ0n) is 19.7. The number of alkyl halides is 6. The van der Waals surface area contributed by atoms with Crippen LogP contribution < -0.4 is 15.4 Å². The van der Waals surface area contributed by atoms with Gasteiger partial charge in [0.25, 0.3) is 5.91 Å². The van der Waals surface area contributed by atoms with Crippen LogP contribution in [0.25, 0.3) is 0 Å². The lowest BCUT2D eigenvalue weighted by atomic mass is 10.1. The number of halogens is 8. The minimum Gasteiger partial charge on any atom is -0.311 e. The lowest BCUT2D eigenvalue weighted by molar-refractivity contribution is -0.138. The molecule has 3 N–H and O–H groups in total. The Morgan fingerprint density at radius 3 is 2.20 bits per heavy atom. The number of sulfonamides is 1. The molecular weight excluding hydrogens is 578 g/mol. The first kappa shape index (κ1) is 30.3. The molecule has 3 rings (SSSR count). The number of amides is 1. The quantitative estimate of drug-likeness (QED) is 0.200. The van der Waals surface area contributed by atoms with E-state index in [1.807, 2.05) is 0 Å². The highest BCUT2D eigenvalue weighted by Gasteiger charge is 2.35. The van der Waals surface area contributed by atoms with Gasteiger partial charge in [0.15, 0.2) is 17.4 Å². The topological polar surface area (TPSA) is 113 Å². The van der Waals surface area contributed by atoms with E-state index < -0.39 is 75.1 Å². The molecule has 2 aromatic carbocycles. The average molecular weight is 595 g/mol. The highest BCUT2D eigenvalue weighted by atomic mass is 32.2. The van der Waals surface area contributed by atoms with E-state index in [1.165, 1.54) is 12.1 Å². The summed E-state index contributed by atoms with van der Waals surface area (Å²) in [7, 11) is -4.90. The number of guanidine groups is 1. The molecule has 40 heavy (non-hydrogen) atoms. The number of anilines is 2. The monoisotopic (exact) mass is 595 g/mol. The smallest absolute Gasteiger partial charge is 0.311 e. The summed E-state index contributed by atoms with van der Waals surface area (Å²) < 4.78 is 130. The zero-order valence-corrected chi connectivity index (χ0v) is 20.6. The van der Waals surface area contributed by atoms with Crippen molar-refractivity contribution in [2.24, 2.45) is 4.99 Å². The van der Waals surface area contributed by atoms with Gasteiger partial charge in [-0.15, -0.1) is 0 Å². The van der Waals surface area contributed by atoms with Gasteiger partial charge < -0.3 is 5.32 Å². The molecule has 0 radical (unpaired) electrons. The summed E-state index contributed by atoms with van der Waals surface area (Å²) in [6, 6.07) is 9.85. The standard InChI is InChI=1S/C23H17F8N5O3S/c24-16-9-8-13(10-17(16)25)20(37)35-21(32-11-14-4-1-2-5-15(14)23(29,30)31)34-18-6-3-7-19(33-18)36-40(38,39)12-22(26,27)28/h1-10H,11-12H2,(H3,32,33,34,35,36,37). The van der Waals surface area contributed by atoms with Gasteiger partial charge >= 0.3 is 12.4 Å². The van der Waals surface area contributed by atoms with Crippen molar-refractivity contribution in [2.75, 3.05) is 15.8 Å². The summed E-state index contributed by atoms with van der Waals surface area (Å²) in [5.74, 6) is -7.32. The summed E-state index contributed by atoms with van der Waals surface area (Å²) in [5, 5.41) is 4.57. The Kier molecular flexibility index (Phi) is 8.97. The van der Waals surface area contributed by atoms with E-state index in [2.05, 4.69) is 20.6 Å². The third kappa shape index (κ3) is 8.89. The Balaban J connectivity index is 1.92. The molecule has 0 aliphatic carbocycles. The van der Waals surface area contributed by atoms with Crippen LogP contribution in [0.2, 0.25) is 0 Å². The van der Waals surface area contributed by atoms with E-state index in [0.717, 1.165) is 36.4 Å². The van der Waals surface area contributed by atoms with Crippen molar-refractivity contribution in [1.29, 1.82) is 0 Å². The van der Waals surface area contributed by atoms with Crippen molar-refractivity contribution in [3.05, 3.63) is 89.0 Å².